The van der Waals surface area contributed by atoms with Gasteiger partial charge in [-0.3, -0.25) is 24.1 Å². The van der Waals surface area contributed by atoms with E-state index < -0.39 is 42.3 Å². The summed E-state index contributed by atoms with van der Waals surface area (Å²) in [6.07, 6.45) is 0. The number of hydrogen-bond acceptors (Lipinski definition) is 6. The van der Waals surface area contributed by atoms with Crippen LogP contribution in [-0.4, -0.2) is 52.3 Å². The Hall–Kier alpha value is -2.78. The van der Waals surface area contributed by atoms with Gasteiger partial charge >= 0.3 is 5.97 Å². The van der Waals surface area contributed by atoms with Crippen LogP contribution in [0.1, 0.15) is 29.8 Å². The lowest BCUT2D eigenvalue weighted by molar-refractivity contribution is -0.140. The van der Waals surface area contributed by atoms with Crippen molar-refractivity contribution in [3.05, 3.63) is 35.4 Å². The van der Waals surface area contributed by atoms with Crippen LogP contribution < -0.4 is 16.8 Å². The molecule has 0 fully saturated rings. The molecule has 0 spiro atoms. The number of imide groups is 1. The van der Waals surface area contributed by atoms with Crippen molar-refractivity contribution in [3.8, 4) is 0 Å². The highest BCUT2D eigenvalue weighted by Gasteiger charge is 2.33. The second kappa shape index (κ2) is 8.90. The minimum absolute atomic E-state index is 0.184. The van der Waals surface area contributed by atoms with Crippen LogP contribution >= 0.6 is 0 Å². The standard InChI is InChI=1S/C16H22N4O5/c1-9(18)15(24)20(10(2)14(23)19-8-13(21)22)16(25)12-5-3-11(7-17)4-6-12/h3-6,9-10H,7-8,17-18H2,1-2H3,(H,19,23)(H,21,22)/t9-,10-/m0/s1. The summed E-state index contributed by atoms with van der Waals surface area (Å²) in [4.78, 5) is 48.4. The topological polar surface area (TPSA) is 156 Å². The second-order valence-corrected chi connectivity index (χ2v) is 5.49. The van der Waals surface area contributed by atoms with Crippen LogP contribution in [0.2, 0.25) is 0 Å². The van der Waals surface area contributed by atoms with Crippen LogP contribution in [-0.2, 0) is 20.9 Å². The number of carboxylic acids is 1. The predicted molar refractivity (Wildman–Crippen MR) is 89.3 cm³/mol. The van der Waals surface area contributed by atoms with E-state index in [1.54, 1.807) is 12.1 Å². The summed E-state index contributed by atoms with van der Waals surface area (Å²) < 4.78 is 0. The van der Waals surface area contributed by atoms with E-state index in [0.29, 0.717) is 6.54 Å². The van der Waals surface area contributed by atoms with Gasteiger partial charge < -0.3 is 21.9 Å². The first-order valence-electron chi connectivity index (χ1n) is 7.60. The average Bonchev–Trinajstić information content (AvgIpc) is 2.59. The van der Waals surface area contributed by atoms with Crippen LogP contribution in [0, 0.1) is 0 Å². The molecule has 0 bridgehead atoms. The lowest BCUT2D eigenvalue weighted by Gasteiger charge is -2.28. The number of nitrogens with two attached hydrogens (primary N) is 2. The van der Waals surface area contributed by atoms with Crippen LogP contribution in [0.3, 0.4) is 0 Å². The van der Waals surface area contributed by atoms with E-state index in [4.69, 9.17) is 16.6 Å². The summed E-state index contributed by atoms with van der Waals surface area (Å²) in [5.74, 6) is -3.47. The summed E-state index contributed by atoms with van der Waals surface area (Å²) in [6.45, 7) is 2.39. The molecule has 6 N–H and O–H groups in total. The molecule has 0 saturated heterocycles. The normalized spacial score (nSPS) is 12.8. The van der Waals surface area contributed by atoms with Crippen LogP contribution in [0.15, 0.2) is 24.3 Å². The number of carbonyl (C=O) groups is 4. The van der Waals surface area contributed by atoms with Gasteiger partial charge in [0.15, 0.2) is 0 Å². The molecule has 0 aromatic heterocycles. The van der Waals surface area contributed by atoms with Crippen molar-refractivity contribution in [1.82, 2.24) is 10.2 Å². The van der Waals surface area contributed by atoms with Gasteiger partial charge in [0, 0.05) is 12.1 Å². The Kier molecular flexibility index (Phi) is 7.22. The Morgan fingerprint density at radius 1 is 1.16 bits per heavy atom. The van der Waals surface area contributed by atoms with Crippen molar-refractivity contribution in [3.63, 3.8) is 0 Å². The van der Waals surface area contributed by atoms with Crippen LogP contribution in [0.4, 0.5) is 0 Å². The van der Waals surface area contributed by atoms with E-state index in [-0.39, 0.29) is 5.56 Å². The van der Waals surface area contributed by atoms with E-state index in [2.05, 4.69) is 5.32 Å². The molecule has 0 heterocycles. The monoisotopic (exact) mass is 350 g/mol. The van der Waals surface area contributed by atoms with E-state index in [1.807, 2.05) is 0 Å². The summed E-state index contributed by atoms with van der Waals surface area (Å²) >= 11 is 0. The third kappa shape index (κ3) is 5.37. The number of carbonyl (C=O) groups excluding carboxylic acids is 3. The van der Waals surface area contributed by atoms with Crippen molar-refractivity contribution >= 4 is 23.7 Å². The molecule has 3 amide bonds. The summed E-state index contributed by atoms with van der Waals surface area (Å²) in [7, 11) is 0. The number of hydrogen-bond donors (Lipinski definition) is 4. The van der Waals surface area contributed by atoms with E-state index in [1.165, 1.54) is 26.0 Å². The first-order valence-corrected chi connectivity index (χ1v) is 7.60. The van der Waals surface area contributed by atoms with Gasteiger partial charge in [-0.15, -0.1) is 0 Å². The number of rotatable bonds is 7. The average molecular weight is 350 g/mol. The van der Waals surface area contributed by atoms with Crippen molar-refractivity contribution in [2.75, 3.05) is 6.54 Å². The van der Waals surface area contributed by atoms with Gasteiger partial charge in [0.05, 0.1) is 6.04 Å². The summed E-state index contributed by atoms with van der Waals surface area (Å²) in [6, 6.07) is 4.02. The highest BCUT2D eigenvalue weighted by molar-refractivity contribution is 6.08. The number of carboxylic acid groups (broad SMARTS) is 1. The van der Waals surface area contributed by atoms with E-state index in [0.717, 1.165) is 10.5 Å². The molecule has 9 nitrogen and oxygen atoms in total. The number of benzene rings is 1. The SMILES string of the molecule is C[C@H](N)C(=O)N(C(=O)c1ccc(CN)cc1)[C@@H](C)C(=O)NCC(=O)O. The fraction of sp³-hybridized carbons (Fsp3) is 0.375. The van der Waals surface area contributed by atoms with E-state index >= 15 is 0 Å². The molecular weight excluding hydrogens is 328 g/mol. The molecule has 1 aromatic carbocycles. The van der Waals surface area contributed by atoms with Gasteiger partial charge in [-0.25, -0.2) is 0 Å². The Morgan fingerprint density at radius 2 is 1.72 bits per heavy atom. The second-order valence-electron chi connectivity index (χ2n) is 5.49. The van der Waals surface area contributed by atoms with Gasteiger partial charge in [-0.05, 0) is 31.5 Å². The Balaban J connectivity index is 3.10. The van der Waals surface area contributed by atoms with Crippen molar-refractivity contribution in [1.29, 1.82) is 0 Å². The maximum absolute atomic E-state index is 12.7. The highest BCUT2D eigenvalue weighted by Crippen LogP contribution is 2.12. The fourth-order valence-corrected chi connectivity index (χ4v) is 2.04. The molecule has 0 saturated carbocycles. The third-order valence-corrected chi connectivity index (χ3v) is 3.46. The molecule has 0 aliphatic rings. The van der Waals surface area contributed by atoms with Gasteiger partial charge in [0.2, 0.25) is 11.8 Å². The number of nitrogens with one attached hydrogen (secondary N) is 1. The molecule has 0 aliphatic carbocycles. The summed E-state index contributed by atoms with van der Waals surface area (Å²) in [5, 5.41) is 10.8. The molecule has 0 aliphatic heterocycles. The third-order valence-electron chi connectivity index (χ3n) is 3.46. The smallest absolute Gasteiger partial charge is 0.322 e. The van der Waals surface area contributed by atoms with Gasteiger partial charge in [0.25, 0.3) is 5.91 Å². The maximum Gasteiger partial charge on any atom is 0.322 e. The molecule has 0 unspecified atom stereocenters. The fourth-order valence-electron chi connectivity index (χ4n) is 2.04. The van der Waals surface area contributed by atoms with Gasteiger partial charge in [-0.1, -0.05) is 12.1 Å². The molecule has 136 valence electrons. The molecule has 2 atom stereocenters. The zero-order valence-electron chi connectivity index (χ0n) is 14.1. The Labute approximate surface area is 145 Å². The van der Waals surface area contributed by atoms with Crippen LogP contribution in [0.25, 0.3) is 0 Å². The Bertz CT molecular complexity index is 657. The summed E-state index contributed by atoms with van der Waals surface area (Å²) in [5.41, 5.74) is 12.1. The first kappa shape index (κ1) is 20.3. The zero-order valence-corrected chi connectivity index (χ0v) is 14.1. The molecule has 9 heteroatoms. The lowest BCUT2D eigenvalue weighted by atomic mass is 10.1. The molecular formula is C16H22N4O5. The van der Waals surface area contributed by atoms with E-state index in [9.17, 15) is 19.2 Å². The highest BCUT2D eigenvalue weighted by atomic mass is 16.4. The van der Waals surface area contributed by atoms with Crippen molar-refractivity contribution in [2.45, 2.75) is 32.5 Å². The molecule has 1 aromatic rings. The van der Waals surface area contributed by atoms with Crippen LogP contribution in [0.5, 0.6) is 0 Å². The number of amides is 3. The Morgan fingerprint density at radius 3 is 2.16 bits per heavy atom. The van der Waals surface area contributed by atoms with Gasteiger partial charge in [-0.2, -0.15) is 0 Å². The maximum atomic E-state index is 12.7. The lowest BCUT2D eigenvalue weighted by Crippen LogP contribution is -2.55. The van der Waals surface area contributed by atoms with Gasteiger partial charge in [0.1, 0.15) is 12.6 Å². The molecule has 25 heavy (non-hydrogen) atoms. The molecule has 1 rings (SSSR count). The predicted octanol–water partition coefficient (Wildman–Crippen LogP) is -0.949. The minimum atomic E-state index is -1.24. The minimum Gasteiger partial charge on any atom is -0.480 e. The quantitative estimate of drug-likeness (QED) is 0.494. The zero-order chi connectivity index (χ0) is 19.1. The van der Waals surface area contributed by atoms with Crippen molar-refractivity contribution < 1.29 is 24.3 Å². The number of aliphatic carboxylic acids is 1. The largest absolute Gasteiger partial charge is 0.480 e. The first-order chi connectivity index (χ1) is 11.7. The molecule has 0 radical (unpaired) electrons. The number of nitrogens with zero attached hydrogens (tertiary/aromatic N) is 1. The van der Waals surface area contributed by atoms with Crippen molar-refractivity contribution in [2.24, 2.45) is 11.5 Å².